The van der Waals surface area contributed by atoms with E-state index in [1.165, 1.54) is 0 Å². The van der Waals surface area contributed by atoms with Crippen molar-refractivity contribution in [3.8, 4) is 5.75 Å². The summed E-state index contributed by atoms with van der Waals surface area (Å²) >= 11 is 0. The van der Waals surface area contributed by atoms with E-state index in [1.807, 2.05) is 12.1 Å². The smallest absolute Gasteiger partial charge is 0.246 e. The zero-order valence-corrected chi connectivity index (χ0v) is 9.60. The average Bonchev–Trinajstić information content (AvgIpc) is 2.52. The predicted octanol–water partition coefficient (Wildman–Crippen LogP) is 0.548. The molecule has 0 spiro atoms. The lowest BCUT2D eigenvalue weighted by Gasteiger charge is -2.19. The van der Waals surface area contributed by atoms with Crippen LogP contribution in [0.15, 0.2) is 24.3 Å². The molecular weight excluding hydrogens is 220 g/mol. The number of anilines is 1. The molecule has 90 valence electrons. The lowest BCUT2D eigenvalue weighted by molar-refractivity contribution is -0.123. The van der Waals surface area contributed by atoms with Crippen LogP contribution in [0.25, 0.3) is 0 Å². The zero-order chi connectivity index (χ0) is 12.3. The number of hydrogen-bond donors (Lipinski definition) is 1. The van der Waals surface area contributed by atoms with E-state index < -0.39 is 0 Å². The van der Waals surface area contributed by atoms with E-state index in [2.05, 4.69) is 5.32 Å². The molecule has 0 atom stereocenters. The number of nitrogens with zero attached hydrogens (tertiary/aromatic N) is 1. The van der Waals surface area contributed by atoms with Crippen LogP contribution in [0, 0.1) is 0 Å². The molecule has 0 aliphatic carbocycles. The highest BCUT2D eigenvalue weighted by atomic mass is 16.5. The summed E-state index contributed by atoms with van der Waals surface area (Å²) in [6.45, 7) is 0.474. The van der Waals surface area contributed by atoms with E-state index in [0.29, 0.717) is 13.0 Å². The largest absolute Gasteiger partial charge is 0.497 e. The van der Waals surface area contributed by atoms with Crippen LogP contribution in [-0.2, 0) is 9.59 Å². The number of benzene rings is 1. The Morgan fingerprint density at radius 3 is 2.59 bits per heavy atom. The molecule has 5 nitrogen and oxygen atoms in total. The molecular formula is C12H14N2O3. The molecule has 2 amide bonds. The van der Waals surface area contributed by atoms with Crippen molar-refractivity contribution in [1.29, 1.82) is 0 Å². The van der Waals surface area contributed by atoms with Crippen molar-refractivity contribution in [3.05, 3.63) is 24.3 Å². The van der Waals surface area contributed by atoms with E-state index in [9.17, 15) is 9.59 Å². The molecule has 0 unspecified atom stereocenters. The van der Waals surface area contributed by atoms with E-state index in [4.69, 9.17) is 4.74 Å². The third-order valence-electron chi connectivity index (χ3n) is 2.68. The minimum Gasteiger partial charge on any atom is -0.497 e. The average molecular weight is 234 g/mol. The third-order valence-corrected chi connectivity index (χ3v) is 2.68. The number of ether oxygens (including phenoxy) is 1. The lowest BCUT2D eigenvalue weighted by Crippen LogP contribution is -2.35. The second kappa shape index (κ2) is 4.86. The summed E-state index contributed by atoms with van der Waals surface area (Å²) in [7, 11) is 1.59. The Morgan fingerprint density at radius 2 is 1.94 bits per heavy atom. The van der Waals surface area contributed by atoms with Gasteiger partial charge in [0.2, 0.25) is 11.8 Å². The Morgan fingerprint density at radius 1 is 1.24 bits per heavy atom. The van der Waals surface area contributed by atoms with Crippen LogP contribution in [0.1, 0.15) is 6.42 Å². The van der Waals surface area contributed by atoms with Gasteiger partial charge in [-0.1, -0.05) is 0 Å². The SMILES string of the molecule is COc1ccc(N2CCC(=O)NCC2=O)cc1. The summed E-state index contributed by atoms with van der Waals surface area (Å²) < 4.78 is 5.06. The van der Waals surface area contributed by atoms with Gasteiger partial charge in [-0.3, -0.25) is 9.59 Å². The van der Waals surface area contributed by atoms with Crippen molar-refractivity contribution < 1.29 is 14.3 Å². The van der Waals surface area contributed by atoms with Crippen molar-refractivity contribution in [2.24, 2.45) is 0 Å². The number of rotatable bonds is 2. The quantitative estimate of drug-likeness (QED) is 0.813. The first-order valence-corrected chi connectivity index (χ1v) is 5.42. The molecule has 0 radical (unpaired) electrons. The fraction of sp³-hybridized carbons (Fsp3) is 0.333. The molecule has 0 bridgehead atoms. The molecule has 1 aliphatic rings. The van der Waals surface area contributed by atoms with Gasteiger partial charge in [0.15, 0.2) is 0 Å². The van der Waals surface area contributed by atoms with Gasteiger partial charge in [-0.05, 0) is 24.3 Å². The van der Waals surface area contributed by atoms with E-state index in [-0.39, 0.29) is 18.4 Å². The van der Waals surface area contributed by atoms with Crippen LogP contribution in [0.4, 0.5) is 5.69 Å². The fourth-order valence-electron chi connectivity index (χ4n) is 1.73. The van der Waals surface area contributed by atoms with Crippen LogP contribution in [-0.4, -0.2) is 32.0 Å². The van der Waals surface area contributed by atoms with Crippen molar-refractivity contribution in [2.45, 2.75) is 6.42 Å². The Kier molecular flexibility index (Phi) is 3.27. The van der Waals surface area contributed by atoms with Crippen molar-refractivity contribution in [3.63, 3.8) is 0 Å². The van der Waals surface area contributed by atoms with E-state index >= 15 is 0 Å². The molecule has 1 fully saturated rings. The van der Waals surface area contributed by atoms with Crippen molar-refractivity contribution in [2.75, 3.05) is 25.1 Å². The van der Waals surface area contributed by atoms with Crippen molar-refractivity contribution in [1.82, 2.24) is 5.32 Å². The summed E-state index contributed by atoms with van der Waals surface area (Å²) in [4.78, 5) is 24.6. The third kappa shape index (κ3) is 2.55. The van der Waals surface area contributed by atoms with Gasteiger partial charge in [0.25, 0.3) is 0 Å². The first-order valence-electron chi connectivity index (χ1n) is 5.42. The lowest BCUT2D eigenvalue weighted by atomic mass is 10.2. The first-order chi connectivity index (χ1) is 8.20. The highest BCUT2D eigenvalue weighted by molar-refractivity contribution is 5.98. The summed E-state index contributed by atoms with van der Waals surface area (Å²) in [5.74, 6) is 0.556. The molecule has 1 aromatic carbocycles. The minimum absolute atomic E-state index is 0.0604. The van der Waals surface area contributed by atoms with Crippen LogP contribution in [0.5, 0.6) is 5.75 Å². The highest BCUT2D eigenvalue weighted by Crippen LogP contribution is 2.20. The predicted molar refractivity (Wildman–Crippen MR) is 63.0 cm³/mol. The number of amides is 2. The standard InChI is InChI=1S/C12H14N2O3/c1-17-10-4-2-9(3-5-10)14-7-6-11(15)13-8-12(14)16/h2-5H,6-8H2,1H3,(H,13,15). The summed E-state index contributed by atoms with van der Waals surface area (Å²) in [5.41, 5.74) is 0.785. The molecule has 5 heteroatoms. The maximum Gasteiger partial charge on any atom is 0.246 e. The Hall–Kier alpha value is -2.04. The maximum absolute atomic E-state index is 11.8. The summed E-state index contributed by atoms with van der Waals surface area (Å²) in [6, 6.07) is 7.21. The molecule has 1 aliphatic heterocycles. The van der Waals surface area contributed by atoms with Crippen LogP contribution in [0.3, 0.4) is 0 Å². The molecule has 1 aromatic rings. The Labute approximate surface area is 99.4 Å². The van der Waals surface area contributed by atoms with Crippen LogP contribution in [0.2, 0.25) is 0 Å². The van der Waals surface area contributed by atoms with E-state index in [1.54, 1.807) is 24.1 Å². The molecule has 2 rings (SSSR count). The summed E-state index contributed by atoms with van der Waals surface area (Å²) in [5, 5.41) is 2.56. The second-order valence-corrected chi connectivity index (χ2v) is 3.77. The first kappa shape index (κ1) is 11.4. The zero-order valence-electron chi connectivity index (χ0n) is 9.60. The van der Waals surface area contributed by atoms with Gasteiger partial charge in [-0.25, -0.2) is 0 Å². The molecule has 1 N–H and O–H groups in total. The van der Waals surface area contributed by atoms with Gasteiger partial charge in [-0.2, -0.15) is 0 Å². The van der Waals surface area contributed by atoms with Gasteiger partial charge >= 0.3 is 0 Å². The van der Waals surface area contributed by atoms with Crippen LogP contribution < -0.4 is 15.0 Å². The number of methoxy groups -OCH3 is 1. The molecule has 0 aromatic heterocycles. The molecule has 0 saturated carbocycles. The van der Waals surface area contributed by atoms with Gasteiger partial charge in [0.05, 0.1) is 13.7 Å². The molecule has 1 saturated heterocycles. The highest BCUT2D eigenvalue weighted by Gasteiger charge is 2.21. The number of nitrogens with one attached hydrogen (secondary N) is 1. The van der Waals surface area contributed by atoms with Gasteiger partial charge in [-0.15, -0.1) is 0 Å². The number of carbonyl (C=O) groups excluding carboxylic acids is 2. The Bertz CT molecular complexity index is 428. The van der Waals surface area contributed by atoms with Gasteiger partial charge < -0.3 is 15.0 Å². The normalized spacial score (nSPS) is 16.4. The summed E-state index contributed by atoms with van der Waals surface area (Å²) in [6.07, 6.45) is 0.331. The maximum atomic E-state index is 11.8. The molecule has 17 heavy (non-hydrogen) atoms. The van der Waals surface area contributed by atoms with Gasteiger partial charge in [0, 0.05) is 18.7 Å². The molecule has 1 heterocycles. The second-order valence-electron chi connectivity index (χ2n) is 3.77. The monoisotopic (exact) mass is 234 g/mol. The van der Waals surface area contributed by atoms with Crippen LogP contribution >= 0.6 is 0 Å². The topological polar surface area (TPSA) is 58.6 Å². The minimum atomic E-state index is -0.0963. The fourth-order valence-corrected chi connectivity index (χ4v) is 1.73. The van der Waals surface area contributed by atoms with Crippen molar-refractivity contribution >= 4 is 17.5 Å². The number of hydrogen-bond acceptors (Lipinski definition) is 3. The van der Waals surface area contributed by atoms with E-state index in [0.717, 1.165) is 11.4 Å². The van der Waals surface area contributed by atoms with Gasteiger partial charge in [0.1, 0.15) is 5.75 Å². The Balaban J connectivity index is 2.18. The number of carbonyl (C=O) groups is 2.